The number of hydrazine groups is 1. The Hall–Kier alpha value is -1.83. The van der Waals surface area contributed by atoms with Crippen LogP contribution in [0.2, 0.25) is 0 Å². The van der Waals surface area contributed by atoms with Gasteiger partial charge in [0.05, 0.1) is 6.61 Å². The number of nitrogens with one attached hydrogen (secondary N) is 1. The normalized spacial score (nSPS) is 21.3. The molecule has 0 aromatic heterocycles. The first kappa shape index (κ1) is 15.2. The number of hydrogen-bond donors (Lipinski definition) is 3. The van der Waals surface area contributed by atoms with E-state index >= 15 is 0 Å². The molecule has 10 heteroatoms. The van der Waals surface area contributed by atoms with E-state index in [1.54, 1.807) is 0 Å². The van der Waals surface area contributed by atoms with Gasteiger partial charge in [-0.3, -0.25) is 4.79 Å². The SMILES string of the molecule is N#C/C(C(=O)N(N)C1CNCCO1)=C(/O)C(F)(F)F. The van der Waals surface area contributed by atoms with E-state index in [9.17, 15) is 18.0 Å². The Bertz CT molecular complexity index is 423. The summed E-state index contributed by atoms with van der Waals surface area (Å²) in [6.07, 6.45) is -6.21. The number of nitrogens with zero attached hydrogens (tertiary/aromatic N) is 2. The Morgan fingerprint density at radius 1 is 1.58 bits per heavy atom. The molecule has 7 nitrogen and oxygen atoms in total. The van der Waals surface area contributed by atoms with Gasteiger partial charge in [0.15, 0.2) is 11.8 Å². The van der Waals surface area contributed by atoms with Crippen molar-refractivity contribution >= 4 is 5.91 Å². The van der Waals surface area contributed by atoms with Gasteiger partial charge < -0.3 is 15.2 Å². The number of alkyl halides is 3. The van der Waals surface area contributed by atoms with Gasteiger partial charge in [0, 0.05) is 13.1 Å². The number of ether oxygens (including phenoxy) is 1. The Morgan fingerprint density at radius 2 is 2.21 bits per heavy atom. The highest BCUT2D eigenvalue weighted by Crippen LogP contribution is 2.26. The molecule has 4 N–H and O–H groups in total. The zero-order chi connectivity index (χ0) is 14.6. The molecule has 0 aromatic rings. The van der Waals surface area contributed by atoms with Crippen LogP contribution in [0.5, 0.6) is 0 Å². The van der Waals surface area contributed by atoms with E-state index < -0.39 is 29.6 Å². The van der Waals surface area contributed by atoms with Crippen molar-refractivity contribution in [2.45, 2.75) is 12.4 Å². The number of aliphatic hydroxyl groups is 1. The monoisotopic (exact) mass is 280 g/mol. The fourth-order valence-corrected chi connectivity index (χ4v) is 1.33. The second-order valence-electron chi connectivity index (χ2n) is 3.58. The average molecular weight is 280 g/mol. The molecule has 1 unspecified atom stereocenters. The third kappa shape index (κ3) is 3.57. The van der Waals surface area contributed by atoms with Crippen LogP contribution in [0.15, 0.2) is 11.3 Å². The van der Waals surface area contributed by atoms with Gasteiger partial charge in [-0.15, -0.1) is 0 Å². The fraction of sp³-hybridized carbons (Fsp3) is 0.556. The lowest BCUT2D eigenvalue weighted by Crippen LogP contribution is -2.55. The second-order valence-corrected chi connectivity index (χ2v) is 3.58. The van der Waals surface area contributed by atoms with E-state index in [-0.39, 0.29) is 13.2 Å². The number of nitrogens with two attached hydrogens (primary N) is 1. The average Bonchev–Trinajstić information content (AvgIpc) is 2.38. The first-order chi connectivity index (χ1) is 8.79. The van der Waals surface area contributed by atoms with Crippen molar-refractivity contribution in [2.24, 2.45) is 5.84 Å². The summed E-state index contributed by atoms with van der Waals surface area (Å²) in [5.74, 6) is 1.56. The third-order valence-corrected chi connectivity index (χ3v) is 2.28. The zero-order valence-corrected chi connectivity index (χ0v) is 9.57. The maximum absolute atomic E-state index is 12.2. The Labute approximate surface area is 106 Å². The molecule has 0 spiro atoms. The van der Waals surface area contributed by atoms with Gasteiger partial charge in [0.25, 0.3) is 5.91 Å². The highest BCUT2D eigenvalue weighted by Gasteiger charge is 2.40. The van der Waals surface area contributed by atoms with Gasteiger partial charge in [-0.2, -0.15) is 18.4 Å². The van der Waals surface area contributed by atoms with Crippen molar-refractivity contribution in [1.82, 2.24) is 10.3 Å². The summed E-state index contributed by atoms with van der Waals surface area (Å²) in [6, 6.07) is 0.991. The highest BCUT2D eigenvalue weighted by molar-refractivity contribution is 5.97. The van der Waals surface area contributed by atoms with Crippen LogP contribution < -0.4 is 11.2 Å². The molecule has 1 atom stereocenters. The van der Waals surface area contributed by atoms with Crippen molar-refractivity contribution in [3.05, 3.63) is 11.3 Å². The number of carbonyl (C=O) groups excluding carboxylic acids is 1. The van der Waals surface area contributed by atoms with Crippen molar-refractivity contribution in [2.75, 3.05) is 19.7 Å². The molecule has 19 heavy (non-hydrogen) atoms. The van der Waals surface area contributed by atoms with Gasteiger partial charge >= 0.3 is 6.18 Å². The van der Waals surface area contributed by atoms with Crippen LogP contribution in [0.4, 0.5) is 13.2 Å². The predicted octanol–water partition coefficient (Wildman–Crippen LogP) is -0.467. The van der Waals surface area contributed by atoms with Crippen LogP contribution in [0.3, 0.4) is 0 Å². The van der Waals surface area contributed by atoms with Gasteiger partial charge in [0.1, 0.15) is 6.07 Å². The second kappa shape index (κ2) is 5.87. The maximum atomic E-state index is 12.2. The molecule has 0 saturated carbocycles. The van der Waals surface area contributed by atoms with Crippen molar-refractivity contribution in [3.63, 3.8) is 0 Å². The van der Waals surface area contributed by atoms with Crippen molar-refractivity contribution < 1.29 is 27.8 Å². The third-order valence-electron chi connectivity index (χ3n) is 2.28. The summed E-state index contributed by atoms with van der Waals surface area (Å²) in [5, 5.41) is 20.5. The van der Waals surface area contributed by atoms with Gasteiger partial charge in [-0.05, 0) is 0 Å². The molecular weight excluding hydrogens is 269 g/mol. The fourth-order valence-electron chi connectivity index (χ4n) is 1.33. The molecule has 1 rings (SSSR count). The molecule has 1 amide bonds. The summed E-state index contributed by atoms with van der Waals surface area (Å²) in [6.45, 7) is 0.823. The van der Waals surface area contributed by atoms with E-state index in [4.69, 9.17) is 20.9 Å². The van der Waals surface area contributed by atoms with E-state index in [2.05, 4.69) is 5.32 Å². The minimum Gasteiger partial charge on any atom is -0.503 e. The number of hydrogen-bond acceptors (Lipinski definition) is 6. The summed E-state index contributed by atoms with van der Waals surface area (Å²) >= 11 is 0. The number of nitriles is 1. The summed E-state index contributed by atoms with van der Waals surface area (Å²) in [7, 11) is 0. The number of allylic oxidation sites excluding steroid dienone is 1. The summed E-state index contributed by atoms with van der Waals surface area (Å²) < 4.78 is 41.8. The molecule has 106 valence electrons. The molecule has 0 aliphatic carbocycles. The van der Waals surface area contributed by atoms with E-state index in [1.807, 2.05) is 0 Å². The number of morpholine rings is 1. The van der Waals surface area contributed by atoms with E-state index in [0.29, 0.717) is 11.6 Å². The van der Waals surface area contributed by atoms with Crippen molar-refractivity contribution in [3.8, 4) is 6.07 Å². The minimum absolute atomic E-state index is 0.105. The molecule has 1 aliphatic heterocycles. The van der Waals surface area contributed by atoms with Crippen LogP contribution in [0.25, 0.3) is 0 Å². The topological polar surface area (TPSA) is 112 Å². The lowest BCUT2D eigenvalue weighted by Gasteiger charge is -2.30. The quantitative estimate of drug-likeness (QED) is 0.157. The van der Waals surface area contributed by atoms with Crippen LogP contribution >= 0.6 is 0 Å². The number of aliphatic hydroxyl groups excluding tert-OH is 1. The minimum atomic E-state index is -5.20. The largest absolute Gasteiger partial charge is 0.503 e. The van der Waals surface area contributed by atoms with Crippen molar-refractivity contribution in [1.29, 1.82) is 5.26 Å². The van der Waals surface area contributed by atoms with Gasteiger partial charge in [-0.1, -0.05) is 0 Å². The Balaban J connectivity index is 2.94. The highest BCUT2D eigenvalue weighted by atomic mass is 19.4. The first-order valence-electron chi connectivity index (χ1n) is 5.10. The standard InChI is InChI=1S/C9H11F3N4O3/c10-9(11,12)7(17)5(3-13)8(18)16(14)6-4-15-1-2-19-6/h6,15,17H,1-2,4,14H2/b7-5-. The van der Waals surface area contributed by atoms with Crippen LogP contribution in [0, 0.1) is 11.3 Å². The van der Waals surface area contributed by atoms with E-state index in [0.717, 1.165) is 6.07 Å². The van der Waals surface area contributed by atoms with Gasteiger partial charge in [-0.25, -0.2) is 10.9 Å². The summed E-state index contributed by atoms with van der Waals surface area (Å²) in [4.78, 5) is 11.6. The molecule has 1 aliphatic rings. The molecule has 1 heterocycles. The van der Waals surface area contributed by atoms with Crippen LogP contribution in [0.1, 0.15) is 0 Å². The molecule has 0 aromatic carbocycles. The lowest BCUT2D eigenvalue weighted by atomic mass is 10.2. The molecule has 1 saturated heterocycles. The number of amides is 1. The van der Waals surface area contributed by atoms with E-state index in [1.165, 1.54) is 0 Å². The first-order valence-corrected chi connectivity index (χ1v) is 5.10. The zero-order valence-electron chi connectivity index (χ0n) is 9.57. The lowest BCUT2D eigenvalue weighted by molar-refractivity contribution is -0.147. The smallest absolute Gasteiger partial charge is 0.450 e. The molecular formula is C9H11F3N4O3. The van der Waals surface area contributed by atoms with Crippen LogP contribution in [-0.4, -0.2) is 48.1 Å². The number of halogens is 3. The molecule has 1 fully saturated rings. The number of carbonyl (C=O) groups is 1. The maximum Gasteiger partial charge on any atom is 0.450 e. The Morgan fingerprint density at radius 3 is 2.63 bits per heavy atom. The van der Waals surface area contributed by atoms with Gasteiger partial charge in [0.2, 0.25) is 5.76 Å². The Kier molecular flexibility index (Phi) is 4.71. The molecule has 0 bridgehead atoms. The number of rotatable bonds is 2. The van der Waals surface area contributed by atoms with Crippen LogP contribution in [-0.2, 0) is 9.53 Å². The predicted molar refractivity (Wildman–Crippen MR) is 55.0 cm³/mol. The summed E-state index contributed by atoms with van der Waals surface area (Å²) in [5.41, 5.74) is -1.48. The molecule has 0 radical (unpaired) electrons.